The molecule has 1 amide bonds. The lowest BCUT2D eigenvalue weighted by atomic mass is 10.2. The van der Waals surface area contributed by atoms with Crippen molar-refractivity contribution in [3.8, 4) is 0 Å². The number of methoxy groups -OCH3 is 1. The molecule has 0 spiro atoms. The molecule has 0 radical (unpaired) electrons. The summed E-state index contributed by atoms with van der Waals surface area (Å²) in [5.74, 6) is -1.53. The van der Waals surface area contributed by atoms with E-state index in [0.717, 1.165) is 0 Å². The van der Waals surface area contributed by atoms with Crippen LogP contribution in [0.4, 0.5) is 10.2 Å². The largest absolute Gasteiger partial charge is 0.465 e. The SMILES string of the molecule is COC(=O)c1ccc(NC(=O)c2ccccc2F)nc1. The quantitative estimate of drug-likeness (QED) is 0.872. The molecule has 0 aliphatic rings. The maximum Gasteiger partial charge on any atom is 0.339 e. The van der Waals surface area contributed by atoms with Gasteiger partial charge in [-0.15, -0.1) is 0 Å². The summed E-state index contributed by atoms with van der Waals surface area (Å²) in [5.41, 5.74) is 0.183. The van der Waals surface area contributed by atoms with Crippen molar-refractivity contribution in [3.05, 3.63) is 59.5 Å². The third-order valence-corrected chi connectivity index (χ3v) is 2.54. The molecule has 1 N–H and O–H groups in total. The third kappa shape index (κ3) is 2.97. The lowest BCUT2D eigenvalue weighted by Gasteiger charge is -2.05. The van der Waals surface area contributed by atoms with Crippen LogP contribution in [-0.2, 0) is 4.74 Å². The van der Waals surface area contributed by atoms with E-state index >= 15 is 0 Å². The highest BCUT2D eigenvalue weighted by Crippen LogP contribution is 2.11. The molecule has 0 unspecified atom stereocenters. The number of carbonyl (C=O) groups excluding carboxylic acids is 2. The molecule has 5 nitrogen and oxygen atoms in total. The zero-order valence-corrected chi connectivity index (χ0v) is 10.6. The Morgan fingerprint density at radius 2 is 1.95 bits per heavy atom. The second-order valence-electron chi connectivity index (χ2n) is 3.86. The Hall–Kier alpha value is -2.76. The number of nitrogens with one attached hydrogen (secondary N) is 1. The van der Waals surface area contributed by atoms with Crippen LogP contribution in [0.5, 0.6) is 0 Å². The van der Waals surface area contributed by atoms with E-state index in [2.05, 4.69) is 15.0 Å². The van der Waals surface area contributed by atoms with Crippen molar-refractivity contribution in [1.29, 1.82) is 0 Å². The highest BCUT2D eigenvalue weighted by Gasteiger charge is 2.12. The summed E-state index contributed by atoms with van der Waals surface area (Å²) in [6, 6.07) is 8.51. The second kappa shape index (κ2) is 5.92. The van der Waals surface area contributed by atoms with E-state index in [1.807, 2.05) is 0 Å². The monoisotopic (exact) mass is 274 g/mol. The maximum atomic E-state index is 13.4. The number of hydrogen-bond donors (Lipinski definition) is 1. The Morgan fingerprint density at radius 1 is 1.20 bits per heavy atom. The highest BCUT2D eigenvalue weighted by molar-refractivity contribution is 6.04. The van der Waals surface area contributed by atoms with Crippen LogP contribution < -0.4 is 5.32 Å². The van der Waals surface area contributed by atoms with Gasteiger partial charge in [0.1, 0.15) is 11.6 Å². The molecule has 1 aromatic heterocycles. The molecule has 0 saturated carbocycles. The maximum absolute atomic E-state index is 13.4. The van der Waals surface area contributed by atoms with Gasteiger partial charge in [0.2, 0.25) is 0 Å². The number of anilines is 1. The molecule has 1 heterocycles. The first-order valence-corrected chi connectivity index (χ1v) is 5.72. The van der Waals surface area contributed by atoms with Gasteiger partial charge >= 0.3 is 5.97 Å². The predicted octanol–water partition coefficient (Wildman–Crippen LogP) is 2.26. The number of amides is 1. The molecule has 0 aliphatic carbocycles. The zero-order valence-electron chi connectivity index (χ0n) is 10.6. The minimum atomic E-state index is -0.615. The van der Waals surface area contributed by atoms with Crippen LogP contribution in [-0.4, -0.2) is 24.0 Å². The van der Waals surface area contributed by atoms with Crippen LogP contribution in [0.25, 0.3) is 0 Å². The van der Waals surface area contributed by atoms with Crippen molar-refractivity contribution in [3.63, 3.8) is 0 Å². The topological polar surface area (TPSA) is 68.3 Å². The van der Waals surface area contributed by atoms with Gasteiger partial charge in [-0.25, -0.2) is 14.2 Å². The minimum Gasteiger partial charge on any atom is -0.465 e. The molecule has 0 bridgehead atoms. The van der Waals surface area contributed by atoms with Gasteiger partial charge in [-0.05, 0) is 24.3 Å². The lowest BCUT2D eigenvalue weighted by Crippen LogP contribution is -2.14. The van der Waals surface area contributed by atoms with Gasteiger partial charge in [-0.1, -0.05) is 12.1 Å². The van der Waals surface area contributed by atoms with Crippen LogP contribution in [0, 0.1) is 5.82 Å². The van der Waals surface area contributed by atoms with Crippen molar-refractivity contribution < 1.29 is 18.7 Å². The van der Waals surface area contributed by atoms with E-state index in [1.54, 1.807) is 6.07 Å². The number of pyridine rings is 1. The standard InChI is InChI=1S/C14H11FN2O3/c1-20-14(19)9-6-7-12(16-8-9)17-13(18)10-4-2-3-5-11(10)15/h2-8H,1H3,(H,16,17,18). The summed E-state index contributed by atoms with van der Waals surface area (Å²) in [7, 11) is 1.26. The minimum absolute atomic E-state index is 0.0775. The molecular weight excluding hydrogens is 263 g/mol. The number of esters is 1. The van der Waals surface area contributed by atoms with Crippen molar-refractivity contribution in [2.45, 2.75) is 0 Å². The Bertz CT molecular complexity index is 641. The Kier molecular flexibility index (Phi) is 4.05. The average Bonchev–Trinajstić information content (AvgIpc) is 2.47. The fourth-order valence-corrected chi connectivity index (χ4v) is 1.54. The summed E-state index contributed by atoms with van der Waals surface area (Å²) in [4.78, 5) is 26.9. The normalized spacial score (nSPS) is 9.90. The van der Waals surface area contributed by atoms with Crippen LogP contribution >= 0.6 is 0 Å². The van der Waals surface area contributed by atoms with Crippen LogP contribution in [0.1, 0.15) is 20.7 Å². The molecule has 0 saturated heterocycles. The molecular formula is C14H11FN2O3. The number of rotatable bonds is 3. The summed E-state index contributed by atoms with van der Waals surface area (Å²) in [6.07, 6.45) is 1.27. The van der Waals surface area contributed by atoms with Gasteiger partial charge in [0.15, 0.2) is 0 Å². The molecule has 2 aromatic rings. The number of aromatic nitrogens is 1. The Labute approximate surface area is 114 Å². The van der Waals surface area contributed by atoms with Crippen molar-refractivity contribution in [1.82, 2.24) is 4.98 Å². The van der Waals surface area contributed by atoms with Crippen molar-refractivity contribution in [2.75, 3.05) is 12.4 Å². The molecule has 6 heteroatoms. The first-order valence-electron chi connectivity index (χ1n) is 5.72. The van der Waals surface area contributed by atoms with Gasteiger partial charge in [0.25, 0.3) is 5.91 Å². The molecule has 0 aliphatic heterocycles. The van der Waals surface area contributed by atoms with Crippen LogP contribution in [0.3, 0.4) is 0 Å². The van der Waals surface area contributed by atoms with E-state index < -0.39 is 17.7 Å². The fourth-order valence-electron chi connectivity index (χ4n) is 1.54. The number of benzene rings is 1. The first kappa shape index (κ1) is 13.7. The Morgan fingerprint density at radius 3 is 2.55 bits per heavy atom. The lowest BCUT2D eigenvalue weighted by molar-refractivity contribution is 0.0600. The Balaban J connectivity index is 2.13. The van der Waals surface area contributed by atoms with E-state index in [-0.39, 0.29) is 16.9 Å². The summed E-state index contributed by atoms with van der Waals surface area (Å²) >= 11 is 0. The third-order valence-electron chi connectivity index (χ3n) is 2.54. The summed E-state index contributed by atoms with van der Waals surface area (Å²) < 4.78 is 17.9. The molecule has 0 fully saturated rings. The van der Waals surface area contributed by atoms with Crippen molar-refractivity contribution >= 4 is 17.7 Å². The summed E-state index contributed by atoms with van der Waals surface area (Å²) in [5, 5.41) is 2.44. The number of ether oxygens (including phenoxy) is 1. The number of nitrogens with zero attached hydrogens (tertiary/aromatic N) is 1. The molecule has 102 valence electrons. The molecule has 20 heavy (non-hydrogen) atoms. The number of halogens is 1. The first-order chi connectivity index (χ1) is 9.61. The zero-order chi connectivity index (χ0) is 14.5. The second-order valence-corrected chi connectivity index (χ2v) is 3.86. The van der Waals surface area contributed by atoms with Crippen LogP contribution in [0.2, 0.25) is 0 Å². The molecule has 2 rings (SSSR count). The van der Waals surface area contributed by atoms with E-state index in [9.17, 15) is 14.0 Å². The molecule has 0 atom stereocenters. The van der Waals surface area contributed by atoms with Gasteiger partial charge < -0.3 is 10.1 Å². The predicted molar refractivity (Wildman–Crippen MR) is 69.9 cm³/mol. The van der Waals surface area contributed by atoms with E-state index in [4.69, 9.17) is 0 Å². The smallest absolute Gasteiger partial charge is 0.339 e. The number of carbonyl (C=O) groups is 2. The van der Waals surface area contributed by atoms with Gasteiger partial charge in [-0.2, -0.15) is 0 Å². The average molecular weight is 274 g/mol. The van der Waals surface area contributed by atoms with E-state index in [0.29, 0.717) is 0 Å². The van der Waals surface area contributed by atoms with E-state index in [1.165, 1.54) is 43.6 Å². The van der Waals surface area contributed by atoms with Gasteiger partial charge in [-0.3, -0.25) is 4.79 Å². The summed E-state index contributed by atoms with van der Waals surface area (Å²) in [6.45, 7) is 0. The van der Waals surface area contributed by atoms with Gasteiger partial charge in [0.05, 0.1) is 18.2 Å². The van der Waals surface area contributed by atoms with Crippen molar-refractivity contribution in [2.24, 2.45) is 0 Å². The van der Waals surface area contributed by atoms with Crippen LogP contribution in [0.15, 0.2) is 42.6 Å². The fraction of sp³-hybridized carbons (Fsp3) is 0.0714. The van der Waals surface area contributed by atoms with Gasteiger partial charge in [0, 0.05) is 6.20 Å². The highest BCUT2D eigenvalue weighted by atomic mass is 19.1. The molecule has 1 aromatic carbocycles. The number of hydrogen-bond acceptors (Lipinski definition) is 4.